The van der Waals surface area contributed by atoms with Crippen LogP contribution in [-0.2, 0) is 6.54 Å². The minimum atomic E-state index is -0.428. The van der Waals surface area contributed by atoms with Crippen molar-refractivity contribution < 1.29 is 18.7 Å². The van der Waals surface area contributed by atoms with E-state index in [2.05, 4.69) is 10.6 Å². The third kappa shape index (κ3) is 4.45. The first kappa shape index (κ1) is 17.3. The van der Waals surface area contributed by atoms with Crippen LogP contribution < -0.4 is 10.6 Å². The SMILES string of the molecule is Cc1c(CNC(=O)NCCC(O)C(C)C)oc2ccc(F)cc12. The van der Waals surface area contributed by atoms with E-state index in [9.17, 15) is 14.3 Å². The Morgan fingerprint density at radius 3 is 2.78 bits per heavy atom. The highest BCUT2D eigenvalue weighted by molar-refractivity contribution is 5.82. The molecule has 0 aliphatic rings. The van der Waals surface area contributed by atoms with Gasteiger partial charge < -0.3 is 20.2 Å². The monoisotopic (exact) mass is 322 g/mol. The van der Waals surface area contributed by atoms with E-state index in [1.807, 2.05) is 20.8 Å². The smallest absolute Gasteiger partial charge is 0.315 e. The lowest BCUT2D eigenvalue weighted by Gasteiger charge is -2.14. The molecule has 6 heteroatoms. The summed E-state index contributed by atoms with van der Waals surface area (Å²) < 4.78 is 18.9. The lowest BCUT2D eigenvalue weighted by Crippen LogP contribution is -2.37. The summed E-state index contributed by atoms with van der Waals surface area (Å²) in [6.07, 6.45) is 0.0800. The Labute approximate surface area is 134 Å². The third-order valence-corrected chi connectivity index (χ3v) is 3.90. The number of hydrogen-bond acceptors (Lipinski definition) is 3. The molecule has 1 aromatic heterocycles. The van der Waals surface area contributed by atoms with Crippen molar-refractivity contribution in [3.05, 3.63) is 35.3 Å². The second kappa shape index (κ2) is 7.46. The highest BCUT2D eigenvalue weighted by Crippen LogP contribution is 2.25. The molecular formula is C17H23FN2O3. The van der Waals surface area contributed by atoms with Crippen LogP contribution in [0.4, 0.5) is 9.18 Å². The molecule has 2 rings (SSSR count). The third-order valence-electron chi connectivity index (χ3n) is 3.90. The van der Waals surface area contributed by atoms with Crippen LogP contribution in [-0.4, -0.2) is 23.8 Å². The quantitative estimate of drug-likeness (QED) is 0.765. The predicted octanol–water partition coefficient (Wildman–Crippen LogP) is 3.09. The number of nitrogens with one attached hydrogen (secondary N) is 2. The molecule has 0 spiro atoms. The van der Waals surface area contributed by atoms with E-state index >= 15 is 0 Å². The Balaban J connectivity index is 1.86. The topological polar surface area (TPSA) is 74.5 Å². The number of rotatable bonds is 6. The number of furan rings is 1. The number of aryl methyl sites for hydroxylation is 1. The Bertz CT molecular complexity index is 682. The fraction of sp³-hybridized carbons (Fsp3) is 0.471. The van der Waals surface area contributed by atoms with Crippen LogP contribution in [0.3, 0.4) is 0 Å². The van der Waals surface area contributed by atoms with Gasteiger partial charge in [-0.3, -0.25) is 0 Å². The minimum absolute atomic E-state index is 0.165. The van der Waals surface area contributed by atoms with Crippen molar-refractivity contribution >= 4 is 17.0 Å². The molecule has 1 atom stereocenters. The van der Waals surface area contributed by atoms with Crippen molar-refractivity contribution in [3.8, 4) is 0 Å². The van der Waals surface area contributed by atoms with Crippen LogP contribution in [0.2, 0.25) is 0 Å². The van der Waals surface area contributed by atoms with E-state index < -0.39 is 6.10 Å². The van der Waals surface area contributed by atoms with Gasteiger partial charge in [0, 0.05) is 17.5 Å². The molecule has 0 saturated carbocycles. The maximum absolute atomic E-state index is 13.3. The number of aliphatic hydroxyl groups excluding tert-OH is 1. The highest BCUT2D eigenvalue weighted by atomic mass is 19.1. The van der Waals surface area contributed by atoms with Crippen LogP contribution in [0.25, 0.3) is 11.0 Å². The Kier molecular flexibility index (Phi) is 5.60. The van der Waals surface area contributed by atoms with Crippen LogP contribution in [0, 0.1) is 18.7 Å². The van der Waals surface area contributed by atoms with Crippen molar-refractivity contribution in [1.82, 2.24) is 10.6 Å². The first-order valence-corrected chi connectivity index (χ1v) is 7.75. The summed E-state index contributed by atoms with van der Waals surface area (Å²) in [5.41, 5.74) is 1.41. The van der Waals surface area contributed by atoms with Crippen LogP contribution >= 0.6 is 0 Å². The van der Waals surface area contributed by atoms with E-state index in [1.165, 1.54) is 12.1 Å². The summed E-state index contributed by atoms with van der Waals surface area (Å²) in [5, 5.41) is 15.8. The van der Waals surface area contributed by atoms with Gasteiger partial charge in [0.2, 0.25) is 0 Å². The van der Waals surface area contributed by atoms with E-state index in [4.69, 9.17) is 4.42 Å². The molecule has 0 fully saturated rings. The van der Waals surface area contributed by atoms with Gasteiger partial charge in [0.25, 0.3) is 0 Å². The molecule has 1 heterocycles. The molecule has 2 amide bonds. The molecule has 0 aliphatic carbocycles. The van der Waals surface area contributed by atoms with Crippen molar-refractivity contribution in [2.75, 3.05) is 6.54 Å². The minimum Gasteiger partial charge on any atom is -0.459 e. The van der Waals surface area contributed by atoms with Gasteiger partial charge in [-0.15, -0.1) is 0 Å². The number of aliphatic hydroxyl groups is 1. The number of amides is 2. The van der Waals surface area contributed by atoms with Gasteiger partial charge in [-0.05, 0) is 37.5 Å². The Hall–Kier alpha value is -2.08. The number of carbonyl (C=O) groups excluding carboxylic acids is 1. The first-order valence-electron chi connectivity index (χ1n) is 7.75. The zero-order valence-corrected chi connectivity index (χ0v) is 13.6. The molecule has 23 heavy (non-hydrogen) atoms. The van der Waals surface area contributed by atoms with Gasteiger partial charge in [-0.25, -0.2) is 9.18 Å². The number of fused-ring (bicyclic) bond motifs is 1. The maximum atomic E-state index is 13.3. The van der Waals surface area contributed by atoms with Gasteiger partial charge in [0.15, 0.2) is 0 Å². The maximum Gasteiger partial charge on any atom is 0.315 e. The summed E-state index contributed by atoms with van der Waals surface area (Å²) >= 11 is 0. The molecule has 126 valence electrons. The molecule has 0 saturated heterocycles. The van der Waals surface area contributed by atoms with Crippen LogP contribution in [0.1, 0.15) is 31.6 Å². The van der Waals surface area contributed by atoms with Crippen LogP contribution in [0.15, 0.2) is 22.6 Å². The zero-order chi connectivity index (χ0) is 17.0. The van der Waals surface area contributed by atoms with E-state index in [1.54, 1.807) is 6.07 Å². The van der Waals surface area contributed by atoms with Crippen LogP contribution in [0.5, 0.6) is 0 Å². The number of carbonyl (C=O) groups is 1. The summed E-state index contributed by atoms with van der Waals surface area (Å²) in [6, 6.07) is 4.02. The second-order valence-electron chi connectivity index (χ2n) is 6.00. The van der Waals surface area contributed by atoms with Gasteiger partial charge in [-0.1, -0.05) is 13.8 Å². The number of benzene rings is 1. The highest BCUT2D eigenvalue weighted by Gasteiger charge is 2.13. The summed E-state index contributed by atoms with van der Waals surface area (Å²) in [6.45, 7) is 6.31. The number of hydrogen-bond donors (Lipinski definition) is 3. The average molecular weight is 322 g/mol. The van der Waals surface area contributed by atoms with E-state index in [-0.39, 0.29) is 24.3 Å². The first-order chi connectivity index (χ1) is 10.9. The van der Waals surface area contributed by atoms with Crippen molar-refractivity contribution in [2.24, 2.45) is 5.92 Å². The molecule has 3 N–H and O–H groups in total. The largest absolute Gasteiger partial charge is 0.459 e. The average Bonchev–Trinajstić information content (AvgIpc) is 2.81. The van der Waals surface area contributed by atoms with Crippen molar-refractivity contribution in [3.63, 3.8) is 0 Å². The van der Waals surface area contributed by atoms with Gasteiger partial charge in [0.05, 0.1) is 12.6 Å². The Morgan fingerprint density at radius 1 is 1.35 bits per heavy atom. The lowest BCUT2D eigenvalue weighted by atomic mass is 10.0. The molecule has 5 nitrogen and oxygen atoms in total. The van der Waals surface area contributed by atoms with Gasteiger partial charge in [0.1, 0.15) is 17.2 Å². The summed E-state index contributed by atoms with van der Waals surface area (Å²) in [7, 11) is 0. The number of urea groups is 1. The molecule has 0 bridgehead atoms. The molecular weight excluding hydrogens is 299 g/mol. The summed E-state index contributed by atoms with van der Waals surface area (Å²) in [4.78, 5) is 11.7. The van der Waals surface area contributed by atoms with Crippen molar-refractivity contribution in [2.45, 2.75) is 39.8 Å². The zero-order valence-electron chi connectivity index (χ0n) is 13.6. The lowest BCUT2D eigenvalue weighted by molar-refractivity contribution is 0.116. The molecule has 1 unspecified atom stereocenters. The van der Waals surface area contributed by atoms with Gasteiger partial charge >= 0.3 is 6.03 Å². The van der Waals surface area contributed by atoms with E-state index in [0.717, 1.165) is 5.56 Å². The molecule has 0 aliphatic heterocycles. The normalized spacial score (nSPS) is 12.6. The molecule has 1 aromatic carbocycles. The fourth-order valence-electron chi connectivity index (χ4n) is 2.30. The van der Waals surface area contributed by atoms with Crippen molar-refractivity contribution in [1.29, 1.82) is 0 Å². The fourth-order valence-corrected chi connectivity index (χ4v) is 2.30. The van der Waals surface area contributed by atoms with Gasteiger partial charge in [-0.2, -0.15) is 0 Å². The number of halogens is 1. The summed E-state index contributed by atoms with van der Waals surface area (Å²) in [5.74, 6) is 0.448. The second-order valence-corrected chi connectivity index (χ2v) is 6.00. The standard InChI is InChI=1S/C17H23FN2O3/c1-10(2)14(21)6-7-19-17(22)20-9-16-11(3)13-8-12(18)4-5-15(13)23-16/h4-5,8,10,14,21H,6-7,9H2,1-3H3,(H2,19,20,22). The molecule has 2 aromatic rings. The Morgan fingerprint density at radius 2 is 2.09 bits per heavy atom. The van der Waals surface area contributed by atoms with E-state index in [0.29, 0.717) is 29.7 Å². The predicted molar refractivity (Wildman–Crippen MR) is 86.6 cm³/mol. The molecule has 0 radical (unpaired) electrons.